The van der Waals surface area contributed by atoms with Crippen LogP contribution in [0.2, 0.25) is 10.0 Å². The van der Waals surface area contributed by atoms with Crippen LogP contribution in [0.15, 0.2) is 23.1 Å². The number of fused-ring (bicyclic) bond motifs is 1. The Morgan fingerprint density at radius 1 is 1.02 bits per heavy atom. The number of hydrogen-bond acceptors (Lipinski definition) is 9. The number of benzene rings is 1. The Balaban J connectivity index is 1.59. The number of carbonyl (C=O) groups excluding carboxylic acids is 1. The molecule has 0 spiro atoms. The number of halogens is 2. The largest absolute Gasteiger partial charge is 0.495 e. The molecule has 11 nitrogen and oxygen atoms in total. The molecule has 4 rings (SSSR count). The van der Waals surface area contributed by atoms with E-state index in [2.05, 4.69) is 14.9 Å². The van der Waals surface area contributed by atoms with Crippen LogP contribution in [0.4, 0.5) is 10.7 Å². The number of rotatable bonds is 7. The van der Waals surface area contributed by atoms with E-state index in [0.717, 1.165) is 6.54 Å². The summed E-state index contributed by atoms with van der Waals surface area (Å²) >= 11 is 13.3. The van der Waals surface area contributed by atoms with Crippen LogP contribution in [-0.2, 0) is 11.3 Å². The number of amides is 1. The summed E-state index contributed by atoms with van der Waals surface area (Å²) in [5.41, 5.74) is 5.99. The Morgan fingerprint density at radius 3 is 2.23 bits per heavy atom. The number of nitrogens with two attached hydrogens (primary N) is 1. The van der Waals surface area contributed by atoms with Gasteiger partial charge in [-0.2, -0.15) is 4.98 Å². The van der Waals surface area contributed by atoms with E-state index in [1.807, 2.05) is 20.8 Å². The molecule has 1 fully saturated rings. The van der Waals surface area contributed by atoms with Gasteiger partial charge in [0.2, 0.25) is 5.95 Å². The minimum Gasteiger partial charge on any atom is -0.495 e. The first kappa shape index (κ1) is 29.7. The molecule has 0 radical (unpaired) electrons. The Hall–Kier alpha value is -3.28. The van der Waals surface area contributed by atoms with Crippen LogP contribution in [0.1, 0.15) is 27.2 Å². The highest BCUT2D eigenvalue weighted by molar-refractivity contribution is 6.41. The first-order chi connectivity index (χ1) is 18.9. The SMILES string of the molecule is COc1cc(OC)c(Cl)c(-c2cc3cnc(N)nc3n(CCCN3CCN(C(=O)OC(C)(C)C)CC3)c2=O)c1Cl. The zero-order valence-corrected chi connectivity index (χ0v) is 24.8. The Morgan fingerprint density at radius 2 is 1.65 bits per heavy atom. The van der Waals surface area contributed by atoms with E-state index in [1.54, 1.807) is 27.8 Å². The lowest BCUT2D eigenvalue weighted by atomic mass is 10.0. The lowest BCUT2D eigenvalue weighted by molar-refractivity contribution is 0.0144. The zero-order valence-electron chi connectivity index (χ0n) is 23.3. The predicted octanol–water partition coefficient (Wildman–Crippen LogP) is 4.31. The molecule has 0 saturated carbocycles. The second kappa shape index (κ2) is 12.1. The van der Waals surface area contributed by atoms with Crippen molar-refractivity contribution in [1.29, 1.82) is 0 Å². The van der Waals surface area contributed by atoms with E-state index in [-0.39, 0.29) is 33.2 Å². The maximum Gasteiger partial charge on any atom is 0.410 e. The molecule has 2 aromatic heterocycles. The molecule has 1 saturated heterocycles. The minimum absolute atomic E-state index is 0.0609. The smallest absolute Gasteiger partial charge is 0.410 e. The third kappa shape index (κ3) is 6.37. The number of methoxy groups -OCH3 is 2. The number of ether oxygens (including phenoxy) is 3. The molecule has 1 aliphatic heterocycles. The number of aromatic nitrogens is 3. The van der Waals surface area contributed by atoms with Gasteiger partial charge in [0.25, 0.3) is 5.56 Å². The van der Waals surface area contributed by atoms with E-state index in [1.165, 1.54) is 14.2 Å². The van der Waals surface area contributed by atoms with Crippen LogP contribution in [-0.4, -0.2) is 83.0 Å². The van der Waals surface area contributed by atoms with Crippen LogP contribution < -0.4 is 20.8 Å². The molecule has 0 atom stereocenters. The number of pyridine rings is 1. The molecule has 1 aromatic carbocycles. The summed E-state index contributed by atoms with van der Waals surface area (Å²) in [5.74, 6) is 0.705. The van der Waals surface area contributed by atoms with Crippen molar-refractivity contribution in [2.75, 3.05) is 52.7 Å². The summed E-state index contributed by atoms with van der Waals surface area (Å²) in [6.45, 7) is 9.21. The number of aryl methyl sites for hydroxylation is 1. The average Bonchev–Trinajstić information content (AvgIpc) is 2.90. The van der Waals surface area contributed by atoms with Crippen molar-refractivity contribution in [2.45, 2.75) is 39.3 Å². The van der Waals surface area contributed by atoms with Crippen molar-refractivity contribution >= 4 is 46.3 Å². The van der Waals surface area contributed by atoms with Crippen molar-refractivity contribution < 1.29 is 19.0 Å². The summed E-state index contributed by atoms with van der Waals surface area (Å²) in [5, 5.41) is 0.981. The predicted molar refractivity (Wildman–Crippen MR) is 156 cm³/mol. The summed E-state index contributed by atoms with van der Waals surface area (Å²) in [6.07, 6.45) is 1.91. The van der Waals surface area contributed by atoms with Gasteiger partial charge in [0.1, 0.15) is 22.7 Å². The molecule has 13 heteroatoms. The molecule has 0 bridgehead atoms. The van der Waals surface area contributed by atoms with Gasteiger partial charge in [0.15, 0.2) is 0 Å². The summed E-state index contributed by atoms with van der Waals surface area (Å²) in [6, 6.07) is 3.22. The molecular weight excluding hydrogens is 559 g/mol. The number of piperazine rings is 1. The molecule has 1 amide bonds. The second-order valence-electron chi connectivity index (χ2n) is 10.5. The third-order valence-corrected chi connectivity index (χ3v) is 7.32. The van der Waals surface area contributed by atoms with Gasteiger partial charge >= 0.3 is 6.09 Å². The number of carbonyl (C=O) groups is 1. The Bertz CT molecular complexity index is 1440. The summed E-state index contributed by atoms with van der Waals surface area (Å²) in [4.78, 5) is 38.7. The molecule has 3 heterocycles. The van der Waals surface area contributed by atoms with Gasteiger partial charge in [0.05, 0.1) is 29.8 Å². The number of nitrogens with zero attached hydrogens (tertiary/aromatic N) is 5. The maximum absolute atomic E-state index is 13.9. The summed E-state index contributed by atoms with van der Waals surface area (Å²) in [7, 11) is 2.95. The molecular formula is C27H34Cl2N6O5. The van der Waals surface area contributed by atoms with Crippen LogP contribution in [0.3, 0.4) is 0 Å². The quantitative estimate of drug-likeness (QED) is 0.427. The molecule has 2 N–H and O–H groups in total. The highest BCUT2D eigenvalue weighted by Gasteiger charge is 2.26. The van der Waals surface area contributed by atoms with Crippen LogP contribution in [0.25, 0.3) is 22.2 Å². The van der Waals surface area contributed by atoms with Gasteiger partial charge < -0.3 is 24.8 Å². The fourth-order valence-corrected chi connectivity index (χ4v) is 5.32. The van der Waals surface area contributed by atoms with Crippen molar-refractivity contribution in [2.24, 2.45) is 0 Å². The fourth-order valence-electron chi connectivity index (χ4n) is 4.61. The molecule has 216 valence electrons. The molecule has 0 aliphatic carbocycles. The van der Waals surface area contributed by atoms with Gasteiger partial charge in [0, 0.05) is 55.9 Å². The van der Waals surface area contributed by atoms with Crippen molar-refractivity contribution in [3.05, 3.63) is 38.7 Å². The zero-order chi connectivity index (χ0) is 29.2. The lowest BCUT2D eigenvalue weighted by Gasteiger charge is -2.35. The van der Waals surface area contributed by atoms with Crippen LogP contribution >= 0.6 is 23.2 Å². The van der Waals surface area contributed by atoms with Crippen molar-refractivity contribution in [3.8, 4) is 22.6 Å². The minimum atomic E-state index is -0.532. The lowest BCUT2D eigenvalue weighted by Crippen LogP contribution is -2.50. The van der Waals surface area contributed by atoms with E-state index in [0.29, 0.717) is 67.2 Å². The molecule has 1 aliphatic rings. The van der Waals surface area contributed by atoms with Crippen molar-refractivity contribution in [1.82, 2.24) is 24.3 Å². The molecule has 40 heavy (non-hydrogen) atoms. The van der Waals surface area contributed by atoms with Crippen molar-refractivity contribution in [3.63, 3.8) is 0 Å². The Kier molecular flexibility index (Phi) is 8.96. The highest BCUT2D eigenvalue weighted by Crippen LogP contribution is 2.45. The molecule has 3 aromatic rings. The standard InChI is InChI=1S/C27H34Cl2N6O5/c1-27(2,3)40-26(37)34-11-9-33(10-12-34)7-6-8-35-23-16(15-31-25(30)32-23)13-17(24(35)36)20-21(28)18(38-4)14-19(39-5)22(20)29/h13-15H,6-12H2,1-5H3,(H2,30,31,32). The van der Waals surface area contributed by atoms with E-state index >= 15 is 0 Å². The second-order valence-corrected chi connectivity index (χ2v) is 11.2. The fraction of sp³-hybridized carbons (Fsp3) is 0.481. The number of hydrogen-bond donors (Lipinski definition) is 1. The van der Waals surface area contributed by atoms with E-state index in [4.69, 9.17) is 43.1 Å². The Labute approximate surface area is 242 Å². The topological polar surface area (TPSA) is 125 Å². The monoisotopic (exact) mass is 592 g/mol. The van der Waals surface area contributed by atoms with Gasteiger partial charge in [-0.1, -0.05) is 23.2 Å². The first-order valence-corrected chi connectivity index (χ1v) is 13.7. The maximum atomic E-state index is 13.9. The summed E-state index contributed by atoms with van der Waals surface area (Å²) < 4.78 is 17.8. The van der Waals surface area contributed by atoms with E-state index < -0.39 is 5.60 Å². The van der Waals surface area contributed by atoms with Gasteiger partial charge in [-0.05, 0) is 39.8 Å². The van der Waals surface area contributed by atoms with Gasteiger partial charge in [-0.25, -0.2) is 9.78 Å². The highest BCUT2D eigenvalue weighted by atomic mass is 35.5. The van der Waals surface area contributed by atoms with Crippen LogP contribution in [0.5, 0.6) is 11.5 Å². The molecule has 0 unspecified atom stereocenters. The number of nitrogen functional groups attached to an aromatic ring is 1. The average molecular weight is 594 g/mol. The first-order valence-electron chi connectivity index (χ1n) is 12.9. The number of anilines is 1. The van der Waals surface area contributed by atoms with Crippen LogP contribution in [0, 0.1) is 0 Å². The van der Waals surface area contributed by atoms with Gasteiger partial charge in [-0.15, -0.1) is 0 Å². The van der Waals surface area contributed by atoms with Gasteiger partial charge in [-0.3, -0.25) is 14.3 Å². The third-order valence-electron chi connectivity index (χ3n) is 6.57. The van der Waals surface area contributed by atoms with E-state index in [9.17, 15) is 9.59 Å². The normalized spacial score (nSPS) is 14.4.